The summed E-state index contributed by atoms with van der Waals surface area (Å²) in [4.78, 5) is 33.4. The summed E-state index contributed by atoms with van der Waals surface area (Å²) < 4.78 is 1.67. The van der Waals surface area contributed by atoms with Crippen molar-refractivity contribution < 1.29 is 4.79 Å². The van der Waals surface area contributed by atoms with Gasteiger partial charge >= 0.3 is 0 Å². The van der Waals surface area contributed by atoms with Gasteiger partial charge in [-0.25, -0.2) is 4.68 Å². The molecule has 8 nitrogen and oxygen atoms in total. The van der Waals surface area contributed by atoms with E-state index >= 15 is 0 Å². The minimum atomic E-state index is -0.214. The molecule has 0 saturated carbocycles. The molecule has 1 aliphatic rings. The number of hydrogen-bond acceptors (Lipinski definition) is 5. The van der Waals surface area contributed by atoms with Crippen LogP contribution in [0.2, 0.25) is 0 Å². The summed E-state index contributed by atoms with van der Waals surface area (Å²) in [7, 11) is 0. The third-order valence-electron chi connectivity index (χ3n) is 4.55. The minimum absolute atomic E-state index is 0.0455. The maximum atomic E-state index is 12.5. The molecule has 1 fully saturated rings. The highest BCUT2D eigenvalue weighted by atomic mass is 16.1. The lowest BCUT2D eigenvalue weighted by atomic mass is 10.1. The van der Waals surface area contributed by atoms with Crippen LogP contribution in [0.3, 0.4) is 0 Å². The molecule has 3 heterocycles. The first kappa shape index (κ1) is 16.3. The van der Waals surface area contributed by atoms with E-state index in [1.54, 1.807) is 4.68 Å². The number of piperidine rings is 1. The summed E-state index contributed by atoms with van der Waals surface area (Å²) >= 11 is 0. The van der Waals surface area contributed by atoms with E-state index in [2.05, 4.69) is 20.4 Å². The number of anilines is 1. The molecule has 3 aromatic rings. The van der Waals surface area contributed by atoms with Crippen LogP contribution in [0.25, 0.3) is 16.7 Å². The van der Waals surface area contributed by atoms with Gasteiger partial charge in [0, 0.05) is 26.1 Å². The topological polar surface area (TPSA) is 95.9 Å². The molecule has 1 atom stereocenters. The second kappa shape index (κ2) is 6.62. The van der Waals surface area contributed by atoms with E-state index in [9.17, 15) is 9.59 Å². The van der Waals surface area contributed by atoms with Gasteiger partial charge in [0.1, 0.15) is 5.39 Å². The van der Waals surface area contributed by atoms with Crippen LogP contribution in [0, 0.1) is 0 Å². The Bertz CT molecular complexity index is 994. The van der Waals surface area contributed by atoms with E-state index in [1.165, 1.54) is 13.1 Å². The Labute approximate surface area is 149 Å². The van der Waals surface area contributed by atoms with Crippen molar-refractivity contribution >= 4 is 22.9 Å². The van der Waals surface area contributed by atoms with Crippen molar-refractivity contribution in [2.24, 2.45) is 0 Å². The molecular formula is C18H20N6O2. The maximum Gasteiger partial charge on any atom is 0.263 e. The highest BCUT2D eigenvalue weighted by Crippen LogP contribution is 2.19. The van der Waals surface area contributed by atoms with E-state index in [1.807, 2.05) is 35.2 Å². The number of para-hydroxylation sites is 1. The Kier molecular flexibility index (Phi) is 4.16. The quantitative estimate of drug-likeness (QED) is 0.739. The van der Waals surface area contributed by atoms with Gasteiger partial charge in [0.25, 0.3) is 5.56 Å². The Hall–Kier alpha value is -3.16. The summed E-state index contributed by atoms with van der Waals surface area (Å²) in [6.07, 6.45) is 3.38. The first-order valence-electron chi connectivity index (χ1n) is 8.67. The number of fused-ring (bicyclic) bond motifs is 1. The summed E-state index contributed by atoms with van der Waals surface area (Å²) in [5.74, 6) is 0.464. The summed E-state index contributed by atoms with van der Waals surface area (Å²) in [5.41, 5.74) is 1.16. The number of nitrogens with zero attached hydrogens (tertiary/aromatic N) is 4. The standard InChI is InChI=1S/C18H20N6O2/c1-12(25)20-13-6-5-9-23(11-13)18-21-16-15(17(26)22-18)10-19-24(16)14-7-3-2-4-8-14/h2-4,7-8,10,13H,5-6,9,11H2,1H3,(H,20,25)(H,21,22,26). The minimum Gasteiger partial charge on any atom is -0.352 e. The van der Waals surface area contributed by atoms with E-state index in [0.717, 1.165) is 25.1 Å². The van der Waals surface area contributed by atoms with Gasteiger partial charge in [-0.3, -0.25) is 14.6 Å². The second-order valence-electron chi connectivity index (χ2n) is 6.50. The molecule has 8 heteroatoms. The third-order valence-corrected chi connectivity index (χ3v) is 4.55. The third kappa shape index (κ3) is 3.05. The van der Waals surface area contributed by atoms with Gasteiger partial charge in [0.15, 0.2) is 5.65 Å². The zero-order chi connectivity index (χ0) is 18.1. The molecule has 4 rings (SSSR count). The van der Waals surface area contributed by atoms with Gasteiger partial charge in [-0.15, -0.1) is 0 Å². The summed E-state index contributed by atoms with van der Waals surface area (Å²) in [6, 6.07) is 9.66. The number of carbonyl (C=O) groups is 1. The van der Waals surface area contributed by atoms with E-state index in [4.69, 9.17) is 0 Å². The number of aromatic amines is 1. The molecule has 0 bridgehead atoms. The zero-order valence-electron chi connectivity index (χ0n) is 14.5. The Balaban J connectivity index is 1.72. The van der Waals surface area contributed by atoms with Gasteiger partial charge in [0.2, 0.25) is 11.9 Å². The predicted molar refractivity (Wildman–Crippen MR) is 98.5 cm³/mol. The lowest BCUT2D eigenvalue weighted by Gasteiger charge is -2.33. The number of nitrogens with one attached hydrogen (secondary N) is 2. The van der Waals surface area contributed by atoms with Crippen molar-refractivity contribution in [3.8, 4) is 5.69 Å². The first-order valence-corrected chi connectivity index (χ1v) is 8.67. The van der Waals surface area contributed by atoms with Gasteiger partial charge in [-0.1, -0.05) is 18.2 Å². The van der Waals surface area contributed by atoms with Crippen LogP contribution in [0.4, 0.5) is 5.95 Å². The lowest BCUT2D eigenvalue weighted by Crippen LogP contribution is -2.48. The Morgan fingerprint density at radius 3 is 2.88 bits per heavy atom. The van der Waals surface area contributed by atoms with Crippen LogP contribution in [0.1, 0.15) is 19.8 Å². The fourth-order valence-corrected chi connectivity index (χ4v) is 3.39. The summed E-state index contributed by atoms with van der Waals surface area (Å²) in [5, 5.41) is 7.73. The van der Waals surface area contributed by atoms with Crippen LogP contribution in [0.5, 0.6) is 0 Å². The molecule has 134 valence electrons. The number of carbonyl (C=O) groups excluding carboxylic acids is 1. The van der Waals surface area contributed by atoms with Crippen molar-refractivity contribution in [2.75, 3.05) is 18.0 Å². The van der Waals surface area contributed by atoms with Crippen LogP contribution in [0.15, 0.2) is 41.3 Å². The smallest absolute Gasteiger partial charge is 0.263 e. The fraction of sp³-hybridized carbons (Fsp3) is 0.333. The van der Waals surface area contributed by atoms with Crippen molar-refractivity contribution in [3.63, 3.8) is 0 Å². The van der Waals surface area contributed by atoms with E-state index in [-0.39, 0.29) is 17.5 Å². The van der Waals surface area contributed by atoms with Gasteiger partial charge in [-0.2, -0.15) is 10.1 Å². The normalized spacial score (nSPS) is 17.4. The van der Waals surface area contributed by atoms with Gasteiger partial charge in [-0.05, 0) is 25.0 Å². The second-order valence-corrected chi connectivity index (χ2v) is 6.50. The van der Waals surface area contributed by atoms with Crippen molar-refractivity contribution in [1.29, 1.82) is 0 Å². The van der Waals surface area contributed by atoms with Crippen molar-refractivity contribution in [2.45, 2.75) is 25.8 Å². The molecule has 0 radical (unpaired) electrons. The number of H-pyrrole nitrogens is 1. The number of amides is 1. The predicted octanol–water partition coefficient (Wildman–Crippen LogP) is 1.21. The molecule has 1 aliphatic heterocycles. The largest absolute Gasteiger partial charge is 0.352 e. The highest BCUT2D eigenvalue weighted by Gasteiger charge is 2.23. The van der Waals surface area contributed by atoms with Crippen molar-refractivity contribution in [3.05, 3.63) is 46.9 Å². The van der Waals surface area contributed by atoms with Crippen LogP contribution in [-0.4, -0.2) is 44.8 Å². The zero-order valence-corrected chi connectivity index (χ0v) is 14.5. The average molecular weight is 352 g/mol. The highest BCUT2D eigenvalue weighted by molar-refractivity contribution is 5.76. The number of benzene rings is 1. The molecule has 1 saturated heterocycles. The number of rotatable bonds is 3. The maximum absolute atomic E-state index is 12.5. The fourth-order valence-electron chi connectivity index (χ4n) is 3.39. The molecule has 2 N–H and O–H groups in total. The SMILES string of the molecule is CC(=O)NC1CCCN(c2nc3c(cnn3-c3ccccc3)c(=O)[nH]2)C1. The molecule has 2 aromatic heterocycles. The molecular weight excluding hydrogens is 332 g/mol. The number of aromatic nitrogens is 4. The molecule has 0 spiro atoms. The van der Waals surface area contributed by atoms with Gasteiger partial charge in [0.05, 0.1) is 11.9 Å². The Morgan fingerprint density at radius 2 is 2.12 bits per heavy atom. The van der Waals surface area contributed by atoms with E-state index in [0.29, 0.717) is 23.5 Å². The van der Waals surface area contributed by atoms with Crippen LogP contribution in [-0.2, 0) is 4.79 Å². The van der Waals surface area contributed by atoms with Crippen LogP contribution >= 0.6 is 0 Å². The van der Waals surface area contributed by atoms with Gasteiger partial charge < -0.3 is 10.2 Å². The number of hydrogen-bond donors (Lipinski definition) is 2. The molecule has 0 aliphatic carbocycles. The molecule has 1 amide bonds. The van der Waals surface area contributed by atoms with E-state index < -0.39 is 0 Å². The first-order chi connectivity index (χ1) is 12.6. The molecule has 1 unspecified atom stereocenters. The average Bonchev–Trinajstić information content (AvgIpc) is 3.07. The summed E-state index contributed by atoms with van der Waals surface area (Å²) in [6.45, 7) is 2.92. The van der Waals surface area contributed by atoms with Crippen molar-refractivity contribution in [1.82, 2.24) is 25.1 Å². The Morgan fingerprint density at radius 1 is 1.31 bits per heavy atom. The lowest BCUT2D eigenvalue weighted by molar-refractivity contribution is -0.119. The van der Waals surface area contributed by atoms with Crippen LogP contribution < -0.4 is 15.8 Å². The molecule has 26 heavy (non-hydrogen) atoms. The monoisotopic (exact) mass is 352 g/mol. The molecule has 1 aromatic carbocycles.